The van der Waals surface area contributed by atoms with Crippen molar-refractivity contribution in [1.29, 1.82) is 0 Å². The summed E-state index contributed by atoms with van der Waals surface area (Å²) in [6.07, 6.45) is -3.39. The molecule has 2 aromatic rings. The van der Waals surface area contributed by atoms with Crippen molar-refractivity contribution in [2.24, 2.45) is 5.92 Å². The molecule has 0 radical (unpaired) electrons. The molecule has 0 aliphatic carbocycles. The summed E-state index contributed by atoms with van der Waals surface area (Å²) in [6.45, 7) is 2.31. The van der Waals surface area contributed by atoms with Crippen molar-refractivity contribution >= 4 is 24.0 Å². The molecule has 1 amide bonds. The maximum atomic E-state index is 12.9. The molecule has 0 saturated carbocycles. The van der Waals surface area contributed by atoms with Crippen molar-refractivity contribution in [3.05, 3.63) is 42.2 Å². The molecule has 1 atom stereocenters. The Morgan fingerprint density at radius 1 is 1.25 bits per heavy atom. The van der Waals surface area contributed by atoms with Crippen LogP contribution >= 0.6 is 12.4 Å². The van der Waals surface area contributed by atoms with Crippen LogP contribution in [0.5, 0.6) is 0 Å². The van der Waals surface area contributed by atoms with E-state index < -0.39 is 11.9 Å². The van der Waals surface area contributed by atoms with E-state index in [0.717, 1.165) is 16.9 Å². The van der Waals surface area contributed by atoms with Gasteiger partial charge >= 0.3 is 6.18 Å². The fraction of sp³-hybridized carbons (Fsp3) is 0.333. The standard InChI is InChI=1S/C15H17F3N4O.ClH/c1-10(9-19-2)14(23)21-11-3-5-12(6-4-11)22-13(7-8-20-22)15(16,17)18;/h3-8,10,19H,9H2,1-2H3,(H,21,23);1H. The number of anilines is 1. The summed E-state index contributed by atoms with van der Waals surface area (Å²) in [5.41, 5.74) is -0.0667. The summed E-state index contributed by atoms with van der Waals surface area (Å²) in [5, 5.41) is 9.31. The number of aromatic nitrogens is 2. The minimum Gasteiger partial charge on any atom is -0.326 e. The molecule has 24 heavy (non-hydrogen) atoms. The first-order valence-electron chi connectivity index (χ1n) is 7.00. The molecular formula is C15H18ClF3N4O. The number of carbonyl (C=O) groups excluding carboxylic acids is 1. The Labute approximate surface area is 143 Å². The minimum absolute atomic E-state index is 0. The highest BCUT2D eigenvalue weighted by molar-refractivity contribution is 5.92. The van der Waals surface area contributed by atoms with Gasteiger partial charge in [-0.15, -0.1) is 12.4 Å². The smallest absolute Gasteiger partial charge is 0.326 e. The van der Waals surface area contributed by atoms with Crippen LogP contribution in [0.1, 0.15) is 12.6 Å². The second-order valence-electron chi connectivity index (χ2n) is 5.12. The quantitative estimate of drug-likeness (QED) is 0.859. The minimum atomic E-state index is -4.48. The lowest BCUT2D eigenvalue weighted by atomic mass is 10.1. The summed E-state index contributed by atoms with van der Waals surface area (Å²) < 4.78 is 39.4. The zero-order valence-electron chi connectivity index (χ0n) is 13.1. The second kappa shape index (κ2) is 8.16. The molecule has 0 fully saturated rings. The number of nitrogens with one attached hydrogen (secondary N) is 2. The Kier molecular flexibility index (Phi) is 6.80. The van der Waals surface area contributed by atoms with E-state index in [9.17, 15) is 18.0 Å². The number of hydrogen-bond acceptors (Lipinski definition) is 3. The van der Waals surface area contributed by atoms with Crippen molar-refractivity contribution in [3.8, 4) is 5.69 Å². The van der Waals surface area contributed by atoms with Gasteiger partial charge in [0.05, 0.1) is 11.9 Å². The van der Waals surface area contributed by atoms with Gasteiger partial charge in [0.1, 0.15) is 5.69 Å². The van der Waals surface area contributed by atoms with Gasteiger partial charge in [-0.2, -0.15) is 18.3 Å². The number of carbonyl (C=O) groups is 1. The first-order valence-corrected chi connectivity index (χ1v) is 7.00. The van der Waals surface area contributed by atoms with Crippen LogP contribution in [-0.4, -0.2) is 29.3 Å². The van der Waals surface area contributed by atoms with Gasteiger partial charge in [-0.1, -0.05) is 6.92 Å². The molecule has 9 heteroatoms. The van der Waals surface area contributed by atoms with E-state index >= 15 is 0 Å². The summed E-state index contributed by atoms with van der Waals surface area (Å²) in [4.78, 5) is 11.9. The topological polar surface area (TPSA) is 59.0 Å². The lowest BCUT2D eigenvalue weighted by Crippen LogP contribution is -2.28. The summed E-state index contributed by atoms with van der Waals surface area (Å²) in [6, 6.07) is 6.94. The van der Waals surface area contributed by atoms with Gasteiger partial charge in [0.2, 0.25) is 5.91 Å². The normalized spacial score (nSPS) is 12.4. The van der Waals surface area contributed by atoms with Crippen LogP contribution < -0.4 is 10.6 Å². The third-order valence-electron chi connectivity index (χ3n) is 3.27. The van der Waals surface area contributed by atoms with Gasteiger partial charge in [-0.05, 0) is 37.4 Å². The zero-order valence-corrected chi connectivity index (χ0v) is 13.9. The Balaban J connectivity index is 0.00000288. The largest absolute Gasteiger partial charge is 0.433 e. The molecule has 0 aliphatic heterocycles. The molecule has 1 aromatic carbocycles. The van der Waals surface area contributed by atoms with Crippen LogP contribution in [-0.2, 0) is 11.0 Å². The predicted molar refractivity (Wildman–Crippen MR) is 87.5 cm³/mol. The highest BCUT2D eigenvalue weighted by atomic mass is 35.5. The molecule has 0 saturated heterocycles. The van der Waals surface area contributed by atoms with Crippen LogP contribution in [0.25, 0.3) is 5.69 Å². The molecule has 5 nitrogen and oxygen atoms in total. The number of benzene rings is 1. The van der Waals surface area contributed by atoms with Crippen molar-refractivity contribution < 1.29 is 18.0 Å². The fourth-order valence-electron chi connectivity index (χ4n) is 2.07. The second-order valence-corrected chi connectivity index (χ2v) is 5.12. The van der Waals surface area contributed by atoms with Crippen LogP contribution in [0.3, 0.4) is 0 Å². The van der Waals surface area contributed by atoms with Crippen LogP contribution in [0.4, 0.5) is 18.9 Å². The molecular weight excluding hydrogens is 345 g/mol. The van der Waals surface area contributed by atoms with E-state index in [4.69, 9.17) is 0 Å². The number of hydrogen-bond donors (Lipinski definition) is 2. The Morgan fingerprint density at radius 2 is 1.88 bits per heavy atom. The lowest BCUT2D eigenvalue weighted by molar-refractivity contribution is -0.142. The number of rotatable bonds is 5. The monoisotopic (exact) mass is 362 g/mol. The molecule has 2 N–H and O–H groups in total. The summed E-state index contributed by atoms with van der Waals surface area (Å²) in [5.74, 6) is -0.384. The molecule has 132 valence electrons. The molecule has 0 aliphatic rings. The van der Waals surface area contributed by atoms with Crippen molar-refractivity contribution in [1.82, 2.24) is 15.1 Å². The van der Waals surface area contributed by atoms with E-state index in [1.165, 1.54) is 12.1 Å². The summed E-state index contributed by atoms with van der Waals surface area (Å²) in [7, 11) is 1.75. The average Bonchev–Trinajstić information content (AvgIpc) is 2.98. The van der Waals surface area contributed by atoms with E-state index in [2.05, 4.69) is 15.7 Å². The SMILES string of the molecule is CNCC(C)C(=O)Nc1ccc(-n2nccc2C(F)(F)F)cc1.Cl. The first-order chi connectivity index (χ1) is 10.8. The maximum Gasteiger partial charge on any atom is 0.433 e. The molecule has 1 unspecified atom stereocenters. The third-order valence-corrected chi connectivity index (χ3v) is 3.27. The molecule has 1 aromatic heterocycles. The van der Waals surface area contributed by atoms with Gasteiger partial charge in [0, 0.05) is 18.2 Å². The maximum absolute atomic E-state index is 12.9. The highest BCUT2D eigenvalue weighted by Crippen LogP contribution is 2.30. The van der Waals surface area contributed by atoms with E-state index in [-0.39, 0.29) is 29.9 Å². The van der Waals surface area contributed by atoms with Crippen molar-refractivity contribution in [3.63, 3.8) is 0 Å². The van der Waals surface area contributed by atoms with Crippen molar-refractivity contribution in [2.45, 2.75) is 13.1 Å². The predicted octanol–water partition coefficient (Wildman–Crippen LogP) is 3.11. The molecule has 0 spiro atoms. The van der Waals surface area contributed by atoms with Gasteiger partial charge in [0.15, 0.2) is 0 Å². The Bertz CT molecular complexity index is 670. The Hall–Kier alpha value is -2.06. The van der Waals surface area contributed by atoms with E-state index in [1.54, 1.807) is 26.1 Å². The number of alkyl halides is 3. The number of amides is 1. The number of nitrogens with zero attached hydrogens (tertiary/aromatic N) is 2. The van der Waals surface area contributed by atoms with Crippen LogP contribution in [0, 0.1) is 5.92 Å². The average molecular weight is 363 g/mol. The van der Waals surface area contributed by atoms with E-state index in [1.807, 2.05) is 0 Å². The van der Waals surface area contributed by atoms with Gasteiger partial charge < -0.3 is 10.6 Å². The molecule has 2 rings (SSSR count). The summed E-state index contributed by atoms with van der Waals surface area (Å²) >= 11 is 0. The van der Waals surface area contributed by atoms with Crippen LogP contribution in [0.15, 0.2) is 36.5 Å². The fourth-order valence-corrected chi connectivity index (χ4v) is 2.07. The van der Waals surface area contributed by atoms with Crippen molar-refractivity contribution in [2.75, 3.05) is 18.9 Å². The van der Waals surface area contributed by atoms with Gasteiger partial charge in [-0.3, -0.25) is 4.79 Å². The zero-order chi connectivity index (χ0) is 17.0. The Morgan fingerprint density at radius 3 is 2.42 bits per heavy atom. The molecule has 1 heterocycles. The highest BCUT2D eigenvalue weighted by Gasteiger charge is 2.35. The number of halogens is 4. The third kappa shape index (κ3) is 4.72. The van der Waals surface area contributed by atoms with E-state index in [0.29, 0.717) is 12.2 Å². The van der Waals surface area contributed by atoms with Crippen LogP contribution in [0.2, 0.25) is 0 Å². The van der Waals surface area contributed by atoms with Gasteiger partial charge in [0.25, 0.3) is 0 Å². The first kappa shape index (κ1) is 20.0. The molecule has 0 bridgehead atoms. The lowest BCUT2D eigenvalue weighted by Gasteiger charge is -2.13. The van der Waals surface area contributed by atoms with Gasteiger partial charge in [-0.25, -0.2) is 4.68 Å².